The minimum Gasteiger partial charge on any atom is -0.508 e. The van der Waals surface area contributed by atoms with Crippen LogP contribution in [0.1, 0.15) is 36.5 Å². The van der Waals surface area contributed by atoms with Crippen LogP contribution in [-0.2, 0) is 10.0 Å². The van der Waals surface area contributed by atoms with Crippen molar-refractivity contribution in [3.63, 3.8) is 0 Å². The molecule has 8 nitrogen and oxygen atoms in total. The molecule has 0 atom stereocenters. The maximum absolute atomic E-state index is 13.1. The molecule has 0 unspecified atom stereocenters. The average Bonchev–Trinajstić information content (AvgIpc) is 2.66. The van der Waals surface area contributed by atoms with Crippen molar-refractivity contribution < 1.29 is 28.2 Å². The zero-order valence-electron chi connectivity index (χ0n) is 15.3. The number of rotatable bonds is 8. The molecule has 2 aromatic carbocycles. The molecule has 2 aromatic rings. The molecule has 9 heteroatoms. The number of nitrogens with zero attached hydrogens (tertiary/aromatic N) is 1. The van der Waals surface area contributed by atoms with Gasteiger partial charge in [-0.25, -0.2) is 22.3 Å². The maximum atomic E-state index is 13.1. The normalized spacial score (nSPS) is 11.0. The zero-order chi connectivity index (χ0) is 20.7. The van der Waals surface area contributed by atoms with E-state index in [4.69, 9.17) is 0 Å². The van der Waals surface area contributed by atoms with E-state index in [9.17, 15) is 28.2 Å². The van der Waals surface area contributed by atoms with E-state index in [0.717, 1.165) is 6.42 Å². The number of carboxylic acids is 1. The number of hydrogen-bond donors (Lipinski definition) is 3. The molecule has 0 radical (unpaired) electrons. The minimum absolute atomic E-state index is 0.000748. The predicted octanol–water partition coefficient (Wildman–Crippen LogP) is 3.50. The molecular weight excluding hydrogens is 384 g/mol. The van der Waals surface area contributed by atoms with Crippen LogP contribution in [0.2, 0.25) is 0 Å². The number of carboxylic acid groups (broad SMARTS) is 1. The first-order valence-corrected chi connectivity index (χ1v) is 10.2. The summed E-state index contributed by atoms with van der Waals surface area (Å²) in [6.07, 6.45) is 1.96. The number of amides is 2. The van der Waals surface area contributed by atoms with E-state index in [2.05, 4.69) is 5.32 Å². The summed E-state index contributed by atoms with van der Waals surface area (Å²) < 4.78 is 26.8. The van der Waals surface area contributed by atoms with E-state index in [1.807, 2.05) is 6.92 Å². The third-order valence-electron chi connectivity index (χ3n) is 4.00. The van der Waals surface area contributed by atoms with Crippen LogP contribution in [0.15, 0.2) is 53.4 Å². The fraction of sp³-hybridized carbons (Fsp3) is 0.263. The summed E-state index contributed by atoms with van der Waals surface area (Å²) in [5.41, 5.74) is -0.106. The van der Waals surface area contributed by atoms with Gasteiger partial charge in [-0.2, -0.15) is 0 Å². The second kappa shape index (κ2) is 9.23. The number of benzene rings is 2. The first-order valence-electron chi connectivity index (χ1n) is 8.72. The third-order valence-corrected chi connectivity index (χ3v) is 5.84. The molecular formula is C19H22N2O6S. The lowest BCUT2D eigenvalue weighted by Crippen LogP contribution is -2.41. The van der Waals surface area contributed by atoms with Crippen molar-refractivity contribution in [2.75, 3.05) is 11.9 Å². The van der Waals surface area contributed by atoms with Gasteiger partial charge in [-0.3, -0.25) is 0 Å². The molecule has 2 rings (SSSR count). The minimum atomic E-state index is -4.39. The predicted molar refractivity (Wildman–Crippen MR) is 104 cm³/mol. The third kappa shape index (κ3) is 5.01. The lowest BCUT2D eigenvalue weighted by atomic mass is 10.2. The molecule has 3 N–H and O–H groups in total. The van der Waals surface area contributed by atoms with Gasteiger partial charge in [-0.05, 0) is 42.8 Å². The Morgan fingerprint density at radius 1 is 1.04 bits per heavy atom. The smallest absolute Gasteiger partial charge is 0.337 e. The van der Waals surface area contributed by atoms with Gasteiger partial charge in [0, 0.05) is 12.2 Å². The van der Waals surface area contributed by atoms with Gasteiger partial charge >= 0.3 is 12.0 Å². The highest BCUT2D eigenvalue weighted by Crippen LogP contribution is 2.23. The monoisotopic (exact) mass is 406 g/mol. The van der Waals surface area contributed by atoms with Crippen LogP contribution < -0.4 is 5.32 Å². The summed E-state index contributed by atoms with van der Waals surface area (Å²) in [6.45, 7) is 1.85. The van der Waals surface area contributed by atoms with Gasteiger partial charge in [0.25, 0.3) is 10.0 Å². The van der Waals surface area contributed by atoms with Crippen molar-refractivity contribution in [3.05, 3.63) is 54.1 Å². The first-order chi connectivity index (χ1) is 13.3. The summed E-state index contributed by atoms with van der Waals surface area (Å²) in [5, 5.41) is 21.1. The fourth-order valence-corrected chi connectivity index (χ4v) is 4.11. The summed E-state index contributed by atoms with van der Waals surface area (Å²) in [7, 11) is -4.39. The summed E-state index contributed by atoms with van der Waals surface area (Å²) >= 11 is 0. The average molecular weight is 406 g/mol. The number of carbonyl (C=O) groups is 2. The van der Waals surface area contributed by atoms with Gasteiger partial charge in [-0.1, -0.05) is 31.9 Å². The topological polar surface area (TPSA) is 124 Å². The Balaban J connectivity index is 2.39. The molecule has 0 aliphatic carbocycles. The Hall–Kier alpha value is -3.07. The van der Waals surface area contributed by atoms with Gasteiger partial charge in [-0.15, -0.1) is 0 Å². The Kier molecular flexibility index (Phi) is 7.00. The van der Waals surface area contributed by atoms with Crippen LogP contribution in [0.3, 0.4) is 0 Å². The standard InChI is InChI=1S/C19H22N2O6S/c1-2-3-6-13-21(19(25)20-14-9-11-15(22)12-10-14)28(26,27)17-8-5-4-7-16(17)18(23)24/h4-5,7-12,22H,2-3,6,13H2,1H3,(H,20,25)(H,23,24). The van der Waals surface area contributed by atoms with E-state index in [1.54, 1.807) is 0 Å². The highest BCUT2D eigenvalue weighted by molar-refractivity contribution is 7.89. The molecule has 2 amide bonds. The molecule has 0 aliphatic rings. The van der Waals surface area contributed by atoms with Crippen molar-refractivity contribution in [2.45, 2.75) is 31.1 Å². The van der Waals surface area contributed by atoms with Gasteiger partial charge in [0.05, 0.1) is 5.56 Å². The molecule has 0 fully saturated rings. The highest BCUT2D eigenvalue weighted by Gasteiger charge is 2.32. The van der Waals surface area contributed by atoms with E-state index >= 15 is 0 Å². The number of anilines is 1. The number of hydrogen-bond acceptors (Lipinski definition) is 5. The van der Waals surface area contributed by atoms with Crippen molar-refractivity contribution >= 4 is 27.7 Å². The van der Waals surface area contributed by atoms with Gasteiger partial charge in [0.15, 0.2) is 0 Å². The number of aromatic carboxylic acids is 1. The molecule has 0 heterocycles. The lowest BCUT2D eigenvalue weighted by molar-refractivity contribution is 0.0692. The first kappa shape index (κ1) is 21.2. The van der Waals surface area contributed by atoms with E-state index in [0.29, 0.717) is 22.8 Å². The van der Waals surface area contributed by atoms with Crippen molar-refractivity contribution in [1.29, 1.82) is 0 Å². The van der Waals surface area contributed by atoms with Crippen LogP contribution >= 0.6 is 0 Å². The number of phenolic OH excluding ortho intramolecular Hbond substituents is 1. The van der Waals surface area contributed by atoms with Crippen LogP contribution in [-0.4, -0.2) is 41.5 Å². The van der Waals surface area contributed by atoms with E-state index < -0.39 is 32.5 Å². The summed E-state index contributed by atoms with van der Waals surface area (Å²) in [5.74, 6) is -1.40. The number of aromatic hydroxyl groups is 1. The van der Waals surface area contributed by atoms with E-state index in [1.165, 1.54) is 48.5 Å². The van der Waals surface area contributed by atoms with E-state index in [-0.39, 0.29) is 12.3 Å². The SMILES string of the molecule is CCCCCN(C(=O)Nc1ccc(O)cc1)S(=O)(=O)c1ccccc1C(=O)O. The highest BCUT2D eigenvalue weighted by atomic mass is 32.2. The Labute approximate surface area is 163 Å². The fourth-order valence-electron chi connectivity index (χ4n) is 2.55. The molecule has 150 valence electrons. The number of nitrogens with one attached hydrogen (secondary N) is 1. The molecule has 0 bridgehead atoms. The zero-order valence-corrected chi connectivity index (χ0v) is 16.1. The van der Waals surface area contributed by atoms with Crippen LogP contribution in [0, 0.1) is 0 Å². The second-order valence-corrected chi connectivity index (χ2v) is 7.89. The Morgan fingerprint density at radius 2 is 1.68 bits per heavy atom. The molecule has 0 aromatic heterocycles. The molecule has 0 spiro atoms. The van der Waals surface area contributed by atoms with Crippen molar-refractivity contribution in [2.24, 2.45) is 0 Å². The van der Waals surface area contributed by atoms with Crippen molar-refractivity contribution in [1.82, 2.24) is 4.31 Å². The number of carbonyl (C=O) groups excluding carboxylic acids is 1. The number of unbranched alkanes of at least 4 members (excludes halogenated alkanes) is 2. The molecule has 0 saturated carbocycles. The summed E-state index contributed by atoms with van der Waals surface area (Å²) in [6, 6.07) is 9.82. The van der Waals surface area contributed by atoms with Crippen LogP contribution in [0.4, 0.5) is 10.5 Å². The quantitative estimate of drug-likeness (QED) is 0.455. The number of urea groups is 1. The maximum Gasteiger partial charge on any atom is 0.337 e. The Bertz CT molecular complexity index is 941. The van der Waals surface area contributed by atoms with Crippen molar-refractivity contribution in [3.8, 4) is 5.75 Å². The summed E-state index contributed by atoms with van der Waals surface area (Å²) in [4.78, 5) is 23.7. The van der Waals surface area contributed by atoms with Gasteiger partial charge in [0.2, 0.25) is 0 Å². The lowest BCUT2D eigenvalue weighted by Gasteiger charge is -2.23. The Morgan fingerprint density at radius 3 is 2.29 bits per heavy atom. The molecule has 0 saturated heterocycles. The number of phenols is 1. The number of sulfonamides is 1. The van der Waals surface area contributed by atoms with Gasteiger partial charge < -0.3 is 15.5 Å². The van der Waals surface area contributed by atoms with Crippen LogP contribution in [0.25, 0.3) is 0 Å². The van der Waals surface area contributed by atoms with Gasteiger partial charge in [0.1, 0.15) is 10.6 Å². The van der Waals surface area contributed by atoms with Crippen LogP contribution in [0.5, 0.6) is 5.75 Å². The largest absolute Gasteiger partial charge is 0.508 e. The molecule has 0 aliphatic heterocycles. The molecule has 28 heavy (non-hydrogen) atoms. The second-order valence-electron chi connectivity index (χ2n) is 6.06.